The van der Waals surface area contributed by atoms with E-state index in [9.17, 15) is 20.0 Å². The van der Waals surface area contributed by atoms with Crippen LogP contribution >= 0.6 is 19.1 Å². The van der Waals surface area contributed by atoms with Gasteiger partial charge in [0.1, 0.15) is 36.1 Å². The van der Waals surface area contributed by atoms with Crippen molar-refractivity contribution >= 4 is 41.1 Å². The van der Waals surface area contributed by atoms with Crippen LogP contribution in [-0.2, 0) is 23.4 Å². The highest BCUT2D eigenvalue weighted by atomic mass is 32.1. The number of hydrogen-bond donors (Lipinski definition) is 3. The smallest absolute Gasteiger partial charge is 0.459 e. The van der Waals surface area contributed by atoms with Crippen LogP contribution in [0.5, 0.6) is 5.75 Å². The third-order valence-electron chi connectivity index (χ3n) is 5.72. The van der Waals surface area contributed by atoms with Gasteiger partial charge in [-0.3, -0.25) is 9.32 Å². The average molecular weight is 582 g/mol. The van der Waals surface area contributed by atoms with Gasteiger partial charge in [-0.2, -0.15) is 5.09 Å². The average Bonchev–Trinajstić information content (AvgIpc) is 3.44. The Labute approximate surface area is 225 Å². The molecule has 1 unspecified atom stereocenters. The van der Waals surface area contributed by atoms with Crippen molar-refractivity contribution in [3.05, 3.63) is 58.0 Å². The monoisotopic (exact) mass is 581 g/mol. The van der Waals surface area contributed by atoms with E-state index in [0.29, 0.717) is 10.2 Å². The van der Waals surface area contributed by atoms with Crippen LogP contribution < -0.4 is 15.3 Å². The first-order valence-corrected chi connectivity index (χ1v) is 14.0. The summed E-state index contributed by atoms with van der Waals surface area (Å²) in [6, 6.07) is 6.73. The molecule has 1 fully saturated rings. The number of carbonyl (C=O) groups is 1. The van der Waals surface area contributed by atoms with Crippen molar-refractivity contribution in [1.82, 2.24) is 15.1 Å². The third kappa shape index (κ3) is 5.97. The van der Waals surface area contributed by atoms with Crippen LogP contribution in [0.2, 0.25) is 0 Å². The number of carbonyl (C=O) groups excluding carboxylic acids is 1. The van der Waals surface area contributed by atoms with Crippen LogP contribution in [0, 0.1) is 0 Å². The number of nitrogens with one attached hydrogen (secondary N) is 1. The van der Waals surface area contributed by atoms with E-state index >= 15 is 4.39 Å². The molecular weight excluding hydrogens is 556 g/mol. The number of esters is 1. The second kappa shape index (κ2) is 11.8. The second-order valence-corrected chi connectivity index (χ2v) is 10.9. The predicted molar refractivity (Wildman–Crippen MR) is 138 cm³/mol. The molecule has 0 amide bonds. The van der Waals surface area contributed by atoms with E-state index in [1.54, 1.807) is 30.5 Å². The number of halogens is 1. The molecule has 2 aromatic heterocycles. The zero-order chi connectivity index (χ0) is 28.2. The number of anilines is 1. The number of nitrogen functional groups attached to an aromatic ring is 1. The van der Waals surface area contributed by atoms with Crippen molar-refractivity contribution in [3.63, 3.8) is 0 Å². The number of rotatable bonds is 11. The topological polar surface area (TPSA) is 204 Å². The Bertz CT molecular complexity index is 1430. The summed E-state index contributed by atoms with van der Waals surface area (Å²) in [4.78, 5) is 22.9. The molecular formula is C22H25FN7O7PS. The van der Waals surface area contributed by atoms with E-state index < -0.39 is 50.5 Å². The molecule has 39 heavy (non-hydrogen) atoms. The van der Waals surface area contributed by atoms with Gasteiger partial charge in [-0.15, -0.1) is 11.3 Å². The van der Waals surface area contributed by atoms with Gasteiger partial charge in [0.2, 0.25) is 0 Å². The van der Waals surface area contributed by atoms with Gasteiger partial charge in [0.05, 0.1) is 23.4 Å². The van der Waals surface area contributed by atoms with Crippen molar-refractivity contribution in [2.45, 2.75) is 44.0 Å². The Hall–Kier alpha value is -3.36. The van der Waals surface area contributed by atoms with Crippen LogP contribution in [-0.4, -0.2) is 58.3 Å². The maximum Gasteiger partial charge on any atom is 0.459 e. The molecule has 1 aliphatic heterocycles. The quantitative estimate of drug-likeness (QED) is 0.0976. The highest BCUT2D eigenvalue weighted by Crippen LogP contribution is 2.50. The number of azide groups is 1. The number of benzene rings is 1. The van der Waals surface area contributed by atoms with Gasteiger partial charge in [-0.05, 0) is 36.9 Å². The normalized spacial score (nSPS) is 25.0. The molecule has 0 saturated carbocycles. The Morgan fingerprint density at radius 3 is 2.87 bits per heavy atom. The molecule has 1 aromatic carbocycles. The molecule has 3 heterocycles. The van der Waals surface area contributed by atoms with E-state index in [4.69, 9.17) is 24.3 Å². The zero-order valence-corrected chi connectivity index (χ0v) is 22.4. The first-order chi connectivity index (χ1) is 18.6. The predicted octanol–water partition coefficient (Wildman–Crippen LogP) is 3.80. The lowest BCUT2D eigenvalue weighted by Crippen LogP contribution is -2.45. The van der Waals surface area contributed by atoms with Gasteiger partial charge in [-0.25, -0.2) is 18.9 Å². The van der Waals surface area contributed by atoms with E-state index in [0.717, 1.165) is 11.3 Å². The van der Waals surface area contributed by atoms with Crippen molar-refractivity contribution in [1.29, 1.82) is 0 Å². The second-order valence-electron chi connectivity index (χ2n) is 8.37. The number of aromatic nitrogens is 2. The molecule has 6 atom stereocenters. The minimum Gasteiger partial charge on any atom is -0.465 e. The number of para-hydroxylation sites is 1. The van der Waals surface area contributed by atoms with Crippen molar-refractivity contribution in [2.75, 3.05) is 18.9 Å². The maximum atomic E-state index is 15.5. The van der Waals surface area contributed by atoms with Crippen LogP contribution in [0.1, 0.15) is 25.5 Å². The van der Waals surface area contributed by atoms with Crippen LogP contribution in [0.15, 0.2) is 47.2 Å². The maximum absolute atomic E-state index is 15.5. The fraction of sp³-hybridized carbons (Fsp3) is 0.409. The molecule has 208 valence electrons. The molecule has 0 spiro atoms. The Morgan fingerprint density at radius 2 is 2.18 bits per heavy atom. The number of ether oxygens (including phenoxy) is 2. The van der Waals surface area contributed by atoms with E-state index in [1.807, 2.05) is 0 Å². The summed E-state index contributed by atoms with van der Waals surface area (Å²) in [5.41, 5.74) is 13.3. The number of nitrogens with two attached hydrogens (primary N) is 1. The first-order valence-electron chi connectivity index (χ1n) is 11.6. The number of fused-ring (bicyclic) bond motifs is 1. The Morgan fingerprint density at radius 1 is 1.44 bits per heavy atom. The third-order valence-corrected chi connectivity index (χ3v) is 8.35. The number of aliphatic hydroxyl groups excluding tert-OH is 1. The van der Waals surface area contributed by atoms with E-state index in [1.165, 1.54) is 25.4 Å². The summed E-state index contributed by atoms with van der Waals surface area (Å²) in [6.45, 7) is 2.13. The number of thiophene rings is 1. The van der Waals surface area contributed by atoms with E-state index in [2.05, 4.69) is 25.1 Å². The summed E-state index contributed by atoms with van der Waals surface area (Å²) in [6.07, 6.45) is -4.39. The summed E-state index contributed by atoms with van der Waals surface area (Å²) >= 11 is 1.15. The largest absolute Gasteiger partial charge is 0.465 e. The lowest BCUT2D eigenvalue weighted by Gasteiger charge is -2.29. The van der Waals surface area contributed by atoms with Gasteiger partial charge in [0.15, 0.2) is 11.9 Å². The SMILES string of the molecule is CCOC(=O)[C@H](C)NP(=O)(OC[C@@]1(N=[N+]=[N-])O[C@@H](c2csc3c(N)ncnc23)[C@H](F)[C@@H]1O)Oc1ccccc1. The van der Waals surface area contributed by atoms with Gasteiger partial charge in [-0.1, -0.05) is 23.3 Å². The number of aliphatic hydroxyl groups is 1. The van der Waals surface area contributed by atoms with Crippen molar-refractivity contribution < 1.29 is 37.4 Å². The highest BCUT2D eigenvalue weighted by Gasteiger charge is 2.57. The molecule has 3 aromatic rings. The van der Waals surface area contributed by atoms with Crippen LogP contribution in [0.3, 0.4) is 0 Å². The molecule has 14 nitrogen and oxygen atoms in total. The molecule has 4 rings (SSSR count). The zero-order valence-electron chi connectivity index (χ0n) is 20.7. The molecule has 1 aliphatic rings. The Balaban J connectivity index is 1.63. The minimum absolute atomic E-state index is 0.0721. The van der Waals surface area contributed by atoms with Gasteiger partial charge >= 0.3 is 13.7 Å². The van der Waals surface area contributed by atoms with Gasteiger partial charge < -0.3 is 24.8 Å². The summed E-state index contributed by atoms with van der Waals surface area (Å²) in [5.74, 6) is -0.455. The molecule has 0 radical (unpaired) electrons. The number of hydrogen-bond acceptors (Lipinski definition) is 12. The molecule has 0 aliphatic carbocycles. The lowest BCUT2D eigenvalue weighted by molar-refractivity contribution is -0.144. The van der Waals surface area contributed by atoms with E-state index in [-0.39, 0.29) is 23.7 Å². The standard InChI is InChI=1S/C22H25FN7O7PS/c1-3-34-21(32)12(2)28-38(33,37-13-7-5-4-6-8-13)35-10-22(29-30-25)19(31)15(23)17(36-22)14-9-39-18-16(14)26-11-27-20(18)24/h4-9,11-12,15,17,19,31H,3,10H2,1-2H3,(H,28,33)(H2,24,26,27)/t12-,15-,17-,19-,22+,38?/m0/s1. The van der Waals surface area contributed by atoms with Gasteiger partial charge in [0.25, 0.3) is 0 Å². The van der Waals surface area contributed by atoms with Crippen LogP contribution in [0.4, 0.5) is 10.2 Å². The fourth-order valence-electron chi connectivity index (χ4n) is 3.84. The molecule has 1 saturated heterocycles. The summed E-state index contributed by atoms with van der Waals surface area (Å²) < 4.78 is 51.5. The lowest BCUT2D eigenvalue weighted by atomic mass is 10.0. The summed E-state index contributed by atoms with van der Waals surface area (Å²) in [5, 5.41) is 18.3. The number of nitrogens with zero attached hydrogens (tertiary/aromatic N) is 5. The first kappa shape index (κ1) is 28.6. The highest BCUT2D eigenvalue weighted by molar-refractivity contribution is 7.52. The molecule has 0 bridgehead atoms. The minimum atomic E-state index is -4.45. The molecule has 4 N–H and O–H groups in total. The van der Waals surface area contributed by atoms with Gasteiger partial charge in [0, 0.05) is 10.5 Å². The number of alkyl halides is 1. The van der Waals surface area contributed by atoms with Crippen molar-refractivity contribution in [3.8, 4) is 5.75 Å². The summed E-state index contributed by atoms with van der Waals surface area (Å²) in [7, 11) is -4.45. The fourth-order valence-corrected chi connectivity index (χ4v) is 6.30. The Kier molecular flexibility index (Phi) is 8.67. The molecule has 17 heteroatoms. The van der Waals surface area contributed by atoms with Crippen LogP contribution in [0.25, 0.3) is 20.7 Å². The van der Waals surface area contributed by atoms with Crippen molar-refractivity contribution in [2.24, 2.45) is 5.11 Å².